The van der Waals surface area contributed by atoms with Crippen LogP contribution in [0.15, 0.2) is 42.5 Å². The van der Waals surface area contributed by atoms with E-state index in [0.717, 1.165) is 50.5 Å². The molecule has 6 nitrogen and oxygen atoms in total. The maximum absolute atomic E-state index is 12.7. The Kier molecular flexibility index (Phi) is 7.36. The molecular formula is C23H30N2O4. The van der Waals surface area contributed by atoms with Crippen LogP contribution in [0.1, 0.15) is 11.1 Å². The molecule has 0 aromatic heterocycles. The zero-order valence-corrected chi connectivity index (χ0v) is 17.5. The van der Waals surface area contributed by atoms with Crippen LogP contribution in [0.2, 0.25) is 0 Å². The molecule has 6 heteroatoms. The second kappa shape index (κ2) is 10.2. The van der Waals surface area contributed by atoms with Crippen molar-refractivity contribution in [2.75, 3.05) is 54.1 Å². The number of hydrogen-bond donors (Lipinski definition) is 0. The lowest BCUT2D eigenvalue weighted by Gasteiger charge is -2.35. The van der Waals surface area contributed by atoms with Crippen molar-refractivity contribution in [2.45, 2.75) is 12.8 Å². The van der Waals surface area contributed by atoms with Crippen molar-refractivity contribution in [2.24, 2.45) is 0 Å². The highest BCUT2D eigenvalue weighted by atomic mass is 16.5. The summed E-state index contributed by atoms with van der Waals surface area (Å²) >= 11 is 0. The first-order chi connectivity index (χ1) is 14.1. The van der Waals surface area contributed by atoms with Crippen molar-refractivity contribution in [1.82, 2.24) is 9.80 Å². The maximum atomic E-state index is 12.7. The molecule has 0 atom stereocenters. The minimum Gasteiger partial charge on any atom is -0.497 e. The summed E-state index contributed by atoms with van der Waals surface area (Å²) in [6.45, 7) is 4.34. The summed E-state index contributed by atoms with van der Waals surface area (Å²) in [6.07, 6.45) is 1.36. The summed E-state index contributed by atoms with van der Waals surface area (Å²) in [5.74, 6) is 2.38. The van der Waals surface area contributed by atoms with Crippen LogP contribution in [0.4, 0.5) is 0 Å². The summed E-state index contributed by atoms with van der Waals surface area (Å²) in [5.41, 5.74) is 2.21. The third-order valence-corrected chi connectivity index (χ3v) is 5.38. The van der Waals surface area contributed by atoms with Crippen LogP contribution in [0, 0.1) is 0 Å². The molecule has 0 unspecified atom stereocenters. The number of rotatable bonds is 8. The molecule has 0 radical (unpaired) electrons. The maximum Gasteiger partial charge on any atom is 0.227 e. The van der Waals surface area contributed by atoms with E-state index in [1.165, 1.54) is 5.56 Å². The predicted molar refractivity (Wildman–Crippen MR) is 113 cm³/mol. The van der Waals surface area contributed by atoms with Crippen LogP contribution < -0.4 is 14.2 Å². The highest BCUT2D eigenvalue weighted by molar-refractivity contribution is 5.79. The Morgan fingerprint density at radius 2 is 1.62 bits per heavy atom. The Hall–Kier alpha value is -2.73. The molecule has 2 aromatic carbocycles. The first-order valence-electron chi connectivity index (χ1n) is 9.97. The van der Waals surface area contributed by atoms with Crippen LogP contribution in [0.5, 0.6) is 17.2 Å². The van der Waals surface area contributed by atoms with E-state index in [1.807, 2.05) is 35.2 Å². The zero-order valence-electron chi connectivity index (χ0n) is 17.5. The number of carbonyl (C=O) groups excluding carboxylic acids is 1. The number of hydrogen-bond acceptors (Lipinski definition) is 5. The highest BCUT2D eigenvalue weighted by Gasteiger charge is 2.21. The average molecular weight is 399 g/mol. The van der Waals surface area contributed by atoms with E-state index in [9.17, 15) is 4.79 Å². The molecule has 0 spiro atoms. The second-order valence-electron chi connectivity index (χ2n) is 7.19. The lowest BCUT2D eigenvalue weighted by molar-refractivity contribution is -0.132. The number of nitrogens with zero attached hydrogens (tertiary/aromatic N) is 2. The van der Waals surface area contributed by atoms with E-state index in [1.54, 1.807) is 21.3 Å². The number of ether oxygens (including phenoxy) is 3. The molecule has 3 rings (SSSR count). The zero-order chi connectivity index (χ0) is 20.6. The molecule has 1 aliphatic rings. The fraction of sp³-hybridized carbons (Fsp3) is 0.435. The molecule has 1 saturated heterocycles. The average Bonchev–Trinajstić information content (AvgIpc) is 2.78. The predicted octanol–water partition coefficient (Wildman–Crippen LogP) is 2.64. The van der Waals surface area contributed by atoms with Crippen molar-refractivity contribution in [1.29, 1.82) is 0 Å². The van der Waals surface area contributed by atoms with E-state index in [4.69, 9.17) is 14.2 Å². The monoisotopic (exact) mass is 398 g/mol. The minimum absolute atomic E-state index is 0.157. The number of carbonyl (C=O) groups is 1. The molecule has 0 bridgehead atoms. The van der Waals surface area contributed by atoms with Crippen LogP contribution in [0.25, 0.3) is 0 Å². The minimum atomic E-state index is 0.157. The van der Waals surface area contributed by atoms with Crippen molar-refractivity contribution >= 4 is 5.91 Å². The highest BCUT2D eigenvalue weighted by Crippen LogP contribution is 2.28. The van der Waals surface area contributed by atoms with E-state index in [0.29, 0.717) is 17.9 Å². The van der Waals surface area contributed by atoms with Crippen molar-refractivity contribution < 1.29 is 19.0 Å². The van der Waals surface area contributed by atoms with Crippen molar-refractivity contribution in [3.05, 3.63) is 53.6 Å². The van der Waals surface area contributed by atoms with Crippen LogP contribution in [-0.4, -0.2) is 69.8 Å². The Balaban J connectivity index is 1.46. The molecule has 156 valence electrons. The molecular weight excluding hydrogens is 368 g/mol. The Morgan fingerprint density at radius 1 is 0.862 bits per heavy atom. The summed E-state index contributed by atoms with van der Waals surface area (Å²) in [7, 11) is 4.90. The number of amides is 1. The van der Waals surface area contributed by atoms with Gasteiger partial charge in [-0.1, -0.05) is 18.2 Å². The number of benzene rings is 2. The van der Waals surface area contributed by atoms with E-state index >= 15 is 0 Å². The molecule has 1 aliphatic heterocycles. The lowest BCUT2D eigenvalue weighted by Crippen LogP contribution is -2.49. The van der Waals surface area contributed by atoms with Gasteiger partial charge in [0, 0.05) is 32.7 Å². The molecule has 2 aromatic rings. The van der Waals surface area contributed by atoms with Crippen molar-refractivity contribution in [3.8, 4) is 17.2 Å². The Bertz CT molecular complexity index is 816. The normalized spacial score (nSPS) is 14.5. The molecule has 29 heavy (non-hydrogen) atoms. The fourth-order valence-corrected chi connectivity index (χ4v) is 3.61. The third-order valence-electron chi connectivity index (χ3n) is 5.38. The van der Waals surface area contributed by atoms with Gasteiger partial charge in [-0.2, -0.15) is 0 Å². The topological polar surface area (TPSA) is 51.2 Å². The Labute approximate surface area is 173 Å². The summed E-state index contributed by atoms with van der Waals surface area (Å²) < 4.78 is 15.9. The summed E-state index contributed by atoms with van der Waals surface area (Å²) in [5, 5.41) is 0. The molecule has 1 heterocycles. The van der Waals surface area contributed by atoms with Crippen LogP contribution in [-0.2, 0) is 17.6 Å². The molecule has 0 N–H and O–H groups in total. The quantitative estimate of drug-likeness (QED) is 0.684. The van der Waals surface area contributed by atoms with Gasteiger partial charge in [-0.25, -0.2) is 0 Å². The van der Waals surface area contributed by atoms with Gasteiger partial charge in [0.05, 0.1) is 27.8 Å². The van der Waals surface area contributed by atoms with Gasteiger partial charge in [-0.05, 0) is 41.8 Å². The smallest absolute Gasteiger partial charge is 0.227 e. The summed E-state index contributed by atoms with van der Waals surface area (Å²) in [4.78, 5) is 17.1. The van der Waals surface area contributed by atoms with Gasteiger partial charge in [0.15, 0.2) is 11.5 Å². The van der Waals surface area contributed by atoms with Crippen molar-refractivity contribution in [3.63, 3.8) is 0 Å². The molecule has 0 saturated carbocycles. The first kappa shape index (κ1) is 21.0. The first-order valence-corrected chi connectivity index (χ1v) is 9.97. The van der Waals surface area contributed by atoms with E-state index in [-0.39, 0.29) is 5.91 Å². The summed E-state index contributed by atoms with van der Waals surface area (Å²) in [6, 6.07) is 13.8. The standard InChI is InChI=1S/C23H30N2O4/c1-27-20-6-4-5-18(15-20)9-10-24-11-13-25(14-12-24)23(26)17-19-7-8-21(28-2)22(16-19)29-3/h4-8,15-16H,9-14,17H2,1-3H3. The van der Waals surface area contributed by atoms with Crippen LogP contribution >= 0.6 is 0 Å². The van der Waals surface area contributed by atoms with Gasteiger partial charge < -0.3 is 19.1 Å². The molecule has 1 amide bonds. The van der Waals surface area contributed by atoms with E-state index in [2.05, 4.69) is 17.0 Å². The SMILES string of the molecule is COc1cccc(CCN2CCN(C(=O)Cc3ccc(OC)c(OC)c3)CC2)c1. The second-order valence-corrected chi connectivity index (χ2v) is 7.19. The van der Waals surface area contributed by atoms with Gasteiger partial charge in [0.2, 0.25) is 5.91 Å². The molecule has 0 aliphatic carbocycles. The van der Waals surface area contributed by atoms with Gasteiger partial charge in [0.25, 0.3) is 0 Å². The number of methoxy groups -OCH3 is 3. The van der Waals surface area contributed by atoms with Gasteiger partial charge in [-0.3, -0.25) is 9.69 Å². The lowest BCUT2D eigenvalue weighted by atomic mass is 10.1. The van der Waals surface area contributed by atoms with Gasteiger partial charge in [-0.15, -0.1) is 0 Å². The third kappa shape index (κ3) is 5.64. The van der Waals surface area contributed by atoms with E-state index < -0.39 is 0 Å². The number of piperazine rings is 1. The fourth-order valence-electron chi connectivity index (χ4n) is 3.61. The molecule has 1 fully saturated rings. The van der Waals surface area contributed by atoms with Gasteiger partial charge >= 0.3 is 0 Å². The largest absolute Gasteiger partial charge is 0.497 e. The van der Waals surface area contributed by atoms with Crippen LogP contribution in [0.3, 0.4) is 0 Å². The Morgan fingerprint density at radius 3 is 2.31 bits per heavy atom. The van der Waals surface area contributed by atoms with Gasteiger partial charge in [0.1, 0.15) is 5.75 Å².